The van der Waals surface area contributed by atoms with Crippen LogP contribution in [0.1, 0.15) is 21.5 Å². The van der Waals surface area contributed by atoms with Gasteiger partial charge in [0.15, 0.2) is 17.4 Å². The molecule has 22 heavy (non-hydrogen) atoms. The number of benzene rings is 1. The summed E-state index contributed by atoms with van der Waals surface area (Å²) in [6.07, 6.45) is 2.47. The van der Waals surface area contributed by atoms with Crippen LogP contribution >= 0.6 is 0 Å². The Kier molecular flexibility index (Phi) is 4.65. The van der Waals surface area contributed by atoms with Crippen molar-refractivity contribution in [1.82, 2.24) is 10.3 Å². The lowest BCUT2D eigenvalue weighted by atomic mass is 10.1. The summed E-state index contributed by atoms with van der Waals surface area (Å²) in [5, 5.41) is 2.46. The normalized spacial score (nSPS) is 10.4. The van der Waals surface area contributed by atoms with Gasteiger partial charge in [-0.05, 0) is 30.2 Å². The summed E-state index contributed by atoms with van der Waals surface area (Å²) in [5.41, 5.74) is 0.628. The summed E-state index contributed by atoms with van der Waals surface area (Å²) in [7, 11) is 1.13. The number of hydrogen-bond acceptors (Lipinski definition) is 3. The minimum Gasteiger partial charge on any atom is -0.491 e. The average molecular weight is 310 g/mol. The van der Waals surface area contributed by atoms with Crippen molar-refractivity contribution in [2.24, 2.45) is 0 Å². The number of carbonyl (C=O) groups is 1. The number of amides is 1. The molecule has 7 heteroatoms. The van der Waals surface area contributed by atoms with Crippen molar-refractivity contribution in [2.45, 2.75) is 13.5 Å². The summed E-state index contributed by atoms with van der Waals surface area (Å²) in [6.45, 7) is 1.54. The van der Waals surface area contributed by atoms with E-state index in [2.05, 4.69) is 15.0 Å². The van der Waals surface area contributed by atoms with Crippen LogP contribution in [0.5, 0.6) is 5.75 Å². The first-order valence-corrected chi connectivity index (χ1v) is 6.34. The van der Waals surface area contributed by atoms with E-state index in [1.54, 1.807) is 6.92 Å². The lowest BCUT2D eigenvalue weighted by Gasteiger charge is -2.09. The van der Waals surface area contributed by atoms with Crippen LogP contribution in [0.15, 0.2) is 24.5 Å². The molecule has 4 nitrogen and oxygen atoms in total. The zero-order chi connectivity index (χ0) is 16.3. The van der Waals surface area contributed by atoms with Crippen molar-refractivity contribution in [3.63, 3.8) is 0 Å². The van der Waals surface area contributed by atoms with Crippen molar-refractivity contribution in [2.75, 3.05) is 7.11 Å². The largest absolute Gasteiger partial charge is 0.491 e. The number of ether oxygens (including phenoxy) is 1. The third-order valence-corrected chi connectivity index (χ3v) is 3.16. The van der Waals surface area contributed by atoms with E-state index in [1.807, 2.05) is 0 Å². The zero-order valence-corrected chi connectivity index (χ0v) is 11.9. The molecule has 0 aliphatic rings. The van der Waals surface area contributed by atoms with Gasteiger partial charge in [0.1, 0.15) is 5.82 Å². The van der Waals surface area contributed by atoms with Gasteiger partial charge >= 0.3 is 0 Å². The maximum absolute atomic E-state index is 13.5. The first-order chi connectivity index (χ1) is 10.4. The highest BCUT2D eigenvalue weighted by Gasteiger charge is 2.16. The van der Waals surface area contributed by atoms with Crippen molar-refractivity contribution in [1.29, 1.82) is 0 Å². The molecule has 1 aromatic carbocycles. The first kappa shape index (κ1) is 15.8. The van der Waals surface area contributed by atoms with E-state index in [1.165, 1.54) is 6.20 Å². The Bertz CT molecular complexity index is 697. The van der Waals surface area contributed by atoms with Gasteiger partial charge in [0.2, 0.25) is 0 Å². The minimum atomic E-state index is -0.976. The zero-order valence-electron chi connectivity index (χ0n) is 11.9. The molecule has 0 unspecified atom stereocenters. The fourth-order valence-electron chi connectivity index (χ4n) is 1.88. The third-order valence-electron chi connectivity index (χ3n) is 3.16. The molecule has 0 fully saturated rings. The molecular weight excluding hydrogens is 297 g/mol. The summed E-state index contributed by atoms with van der Waals surface area (Å²) in [4.78, 5) is 15.6. The summed E-state index contributed by atoms with van der Waals surface area (Å²) in [5.74, 6) is -3.69. The van der Waals surface area contributed by atoms with E-state index in [-0.39, 0.29) is 12.1 Å². The second-order valence-electron chi connectivity index (χ2n) is 4.56. The van der Waals surface area contributed by atoms with Gasteiger partial charge in [-0.3, -0.25) is 9.78 Å². The Balaban J connectivity index is 2.15. The Morgan fingerprint density at radius 3 is 2.41 bits per heavy atom. The van der Waals surface area contributed by atoms with Gasteiger partial charge in [-0.15, -0.1) is 0 Å². The van der Waals surface area contributed by atoms with Crippen LogP contribution in [-0.4, -0.2) is 18.0 Å². The van der Waals surface area contributed by atoms with Gasteiger partial charge in [-0.25, -0.2) is 13.2 Å². The van der Waals surface area contributed by atoms with Crippen molar-refractivity contribution < 1.29 is 22.7 Å². The molecule has 0 radical (unpaired) electrons. The number of halogens is 3. The fraction of sp³-hybridized carbons (Fsp3) is 0.200. The van der Waals surface area contributed by atoms with Crippen LogP contribution in [0, 0.1) is 24.4 Å². The fourth-order valence-corrected chi connectivity index (χ4v) is 1.88. The van der Waals surface area contributed by atoms with Crippen molar-refractivity contribution in [3.05, 3.63) is 58.7 Å². The standard InChI is InChI=1S/C15H13F3N2O2/c1-8-10(5-19-7-13(8)18)6-20-15(21)9-3-11(16)14(22-2)12(17)4-9/h3-5,7H,6H2,1-2H3,(H,20,21). The molecule has 0 atom stereocenters. The number of hydrogen-bond donors (Lipinski definition) is 1. The highest BCUT2D eigenvalue weighted by atomic mass is 19.1. The van der Waals surface area contributed by atoms with E-state index >= 15 is 0 Å². The maximum Gasteiger partial charge on any atom is 0.251 e. The van der Waals surface area contributed by atoms with Crippen LogP contribution in [0.3, 0.4) is 0 Å². The van der Waals surface area contributed by atoms with Crippen LogP contribution in [0.25, 0.3) is 0 Å². The predicted molar refractivity (Wildman–Crippen MR) is 73.0 cm³/mol. The highest BCUT2D eigenvalue weighted by molar-refractivity contribution is 5.94. The second kappa shape index (κ2) is 6.46. The van der Waals surface area contributed by atoms with E-state index in [0.717, 1.165) is 25.4 Å². The Morgan fingerprint density at radius 2 is 1.82 bits per heavy atom. The van der Waals surface area contributed by atoms with Crippen LogP contribution in [0.2, 0.25) is 0 Å². The van der Waals surface area contributed by atoms with E-state index in [0.29, 0.717) is 11.1 Å². The Labute approximate surface area is 124 Å². The van der Waals surface area contributed by atoms with Gasteiger partial charge in [0.05, 0.1) is 13.3 Å². The quantitative estimate of drug-likeness (QED) is 0.945. The Hall–Kier alpha value is -2.57. The van der Waals surface area contributed by atoms with E-state index in [9.17, 15) is 18.0 Å². The third kappa shape index (κ3) is 3.19. The summed E-state index contributed by atoms with van der Waals surface area (Å²) >= 11 is 0. The number of pyridine rings is 1. The average Bonchev–Trinajstić information content (AvgIpc) is 2.48. The maximum atomic E-state index is 13.5. The predicted octanol–water partition coefficient (Wildman–Crippen LogP) is 2.75. The number of rotatable bonds is 4. The molecule has 0 saturated carbocycles. The number of methoxy groups -OCH3 is 1. The van der Waals surface area contributed by atoms with Gasteiger partial charge in [0, 0.05) is 18.3 Å². The lowest BCUT2D eigenvalue weighted by molar-refractivity contribution is 0.0949. The van der Waals surface area contributed by atoms with Gasteiger partial charge in [0.25, 0.3) is 5.91 Å². The smallest absolute Gasteiger partial charge is 0.251 e. The first-order valence-electron chi connectivity index (χ1n) is 6.34. The number of carbonyl (C=O) groups excluding carboxylic acids is 1. The SMILES string of the molecule is COc1c(F)cc(C(=O)NCc2cncc(F)c2C)cc1F. The molecule has 0 aliphatic heterocycles. The number of aromatic nitrogens is 1. The topological polar surface area (TPSA) is 51.2 Å². The molecule has 0 saturated heterocycles. The molecule has 1 aromatic heterocycles. The van der Waals surface area contributed by atoms with Gasteiger partial charge in [-0.1, -0.05) is 0 Å². The molecule has 2 aromatic rings. The molecular formula is C15H13F3N2O2. The molecule has 1 amide bonds. The molecule has 116 valence electrons. The van der Waals surface area contributed by atoms with E-state index in [4.69, 9.17) is 0 Å². The number of nitrogens with zero attached hydrogens (tertiary/aromatic N) is 1. The van der Waals surface area contributed by atoms with Gasteiger partial charge < -0.3 is 10.1 Å². The molecule has 0 spiro atoms. The molecule has 0 bridgehead atoms. The minimum absolute atomic E-state index is 0.00923. The number of nitrogens with one attached hydrogen (secondary N) is 1. The molecule has 0 aliphatic carbocycles. The lowest BCUT2D eigenvalue weighted by Crippen LogP contribution is -2.24. The van der Waals surface area contributed by atoms with E-state index < -0.39 is 29.1 Å². The second-order valence-corrected chi connectivity index (χ2v) is 4.56. The molecule has 1 N–H and O–H groups in total. The van der Waals surface area contributed by atoms with Gasteiger partial charge in [-0.2, -0.15) is 0 Å². The van der Waals surface area contributed by atoms with Crippen LogP contribution < -0.4 is 10.1 Å². The molecule has 1 heterocycles. The summed E-state index contributed by atoms with van der Waals surface area (Å²) < 4.78 is 45.0. The molecule has 2 rings (SSSR count). The van der Waals surface area contributed by atoms with Crippen LogP contribution in [0.4, 0.5) is 13.2 Å². The Morgan fingerprint density at radius 1 is 1.18 bits per heavy atom. The van der Waals surface area contributed by atoms with Crippen molar-refractivity contribution in [3.8, 4) is 5.75 Å². The van der Waals surface area contributed by atoms with Crippen molar-refractivity contribution >= 4 is 5.91 Å². The van der Waals surface area contributed by atoms with Crippen LogP contribution in [-0.2, 0) is 6.54 Å². The monoisotopic (exact) mass is 310 g/mol. The highest BCUT2D eigenvalue weighted by Crippen LogP contribution is 2.22. The summed E-state index contributed by atoms with van der Waals surface area (Å²) in [6, 6.07) is 1.74.